The number of aromatic nitrogens is 2. The fraction of sp³-hybridized carbons (Fsp3) is 0.400. The molecule has 0 bridgehead atoms. The van der Waals surface area contributed by atoms with Gasteiger partial charge in [-0.05, 0) is 37.9 Å². The third kappa shape index (κ3) is 3.44. The first-order chi connectivity index (χ1) is 8.67. The molecule has 0 fully saturated rings. The van der Waals surface area contributed by atoms with Gasteiger partial charge in [-0.1, -0.05) is 29.8 Å². The molecule has 18 heavy (non-hydrogen) atoms. The van der Waals surface area contributed by atoms with Crippen molar-refractivity contribution >= 4 is 0 Å². The number of hydrogen-bond donors (Lipinski definition) is 1. The Morgan fingerprint density at radius 3 is 2.39 bits per heavy atom. The normalized spacial score (nSPS) is 12.6. The summed E-state index contributed by atoms with van der Waals surface area (Å²) in [5.74, 6) is 0. The van der Waals surface area contributed by atoms with Crippen molar-refractivity contribution in [3.05, 3.63) is 53.3 Å². The molecule has 0 saturated heterocycles. The van der Waals surface area contributed by atoms with Crippen LogP contribution in [0.2, 0.25) is 0 Å². The largest absolute Gasteiger partial charge is 0.316 e. The topological polar surface area (TPSA) is 29.9 Å². The van der Waals surface area contributed by atoms with Crippen molar-refractivity contribution in [2.75, 3.05) is 7.05 Å². The van der Waals surface area contributed by atoms with Gasteiger partial charge in [0, 0.05) is 19.3 Å². The highest BCUT2D eigenvalue weighted by atomic mass is 15.2. The molecule has 0 aliphatic heterocycles. The first-order valence-corrected chi connectivity index (χ1v) is 6.37. The monoisotopic (exact) mass is 243 g/mol. The average Bonchev–Trinajstić information content (AvgIpc) is 2.77. The Labute approximate surface area is 109 Å². The van der Waals surface area contributed by atoms with Crippen LogP contribution in [0.5, 0.6) is 0 Å². The van der Waals surface area contributed by atoms with E-state index in [1.54, 1.807) is 0 Å². The summed E-state index contributed by atoms with van der Waals surface area (Å²) >= 11 is 0. The number of nitrogens with zero attached hydrogens (tertiary/aromatic N) is 2. The van der Waals surface area contributed by atoms with Crippen LogP contribution in [0.15, 0.2) is 36.7 Å². The Morgan fingerprint density at radius 2 is 1.83 bits per heavy atom. The third-order valence-corrected chi connectivity index (χ3v) is 3.25. The van der Waals surface area contributed by atoms with Crippen molar-refractivity contribution in [3.63, 3.8) is 0 Å². The molecular weight excluding hydrogens is 222 g/mol. The average molecular weight is 243 g/mol. The van der Waals surface area contributed by atoms with Gasteiger partial charge in [-0.15, -0.1) is 0 Å². The summed E-state index contributed by atoms with van der Waals surface area (Å²) in [5, 5.41) is 7.60. The second-order valence-electron chi connectivity index (χ2n) is 4.90. The Bertz CT molecular complexity index is 485. The lowest BCUT2D eigenvalue weighted by Gasteiger charge is -2.15. The zero-order valence-corrected chi connectivity index (χ0v) is 11.4. The van der Waals surface area contributed by atoms with Crippen molar-refractivity contribution in [3.8, 4) is 0 Å². The molecule has 0 radical (unpaired) electrons. The second kappa shape index (κ2) is 5.83. The van der Waals surface area contributed by atoms with Gasteiger partial charge in [0.1, 0.15) is 0 Å². The van der Waals surface area contributed by atoms with Crippen LogP contribution in [0.4, 0.5) is 0 Å². The summed E-state index contributed by atoms with van der Waals surface area (Å²) in [6.07, 6.45) is 6.09. The minimum Gasteiger partial charge on any atom is -0.316 e. The van der Waals surface area contributed by atoms with E-state index in [-0.39, 0.29) is 0 Å². The molecule has 2 aromatic rings. The Kier molecular flexibility index (Phi) is 4.15. The fourth-order valence-corrected chi connectivity index (χ4v) is 2.15. The molecule has 0 aliphatic rings. The van der Waals surface area contributed by atoms with Crippen molar-refractivity contribution in [2.24, 2.45) is 7.05 Å². The van der Waals surface area contributed by atoms with E-state index in [1.165, 1.54) is 16.7 Å². The fourth-order valence-electron chi connectivity index (χ4n) is 2.15. The van der Waals surface area contributed by atoms with Crippen LogP contribution in [-0.2, 0) is 19.9 Å². The number of likely N-dealkylation sites (N-methyl/N-ethyl adjacent to an activating group) is 1. The van der Waals surface area contributed by atoms with E-state index in [0.29, 0.717) is 6.04 Å². The summed E-state index contributed by atoms with van der Waals surface area (Å²) in [5.41, 5.74) is 3.97. The molecule has 3 heteroatoms. The van der Waals surface area contributed by atoms with Gasteiger partial charge in [0.25, 0.3) is 0 Å². The molecule has 1 aromatic carbocycles. The van der Waals surface area contributed by atoms with Crippen molar-refractivity contribution in [2.45, 2.75) is 25.8 Å². The number of nitrogens with one attached hydrogen (secondary N) is 1. The standard InChI is InChI=1S/C15H21N3/c1-12-4-6-13(7-5-12)8-15(16-2)9-14-10-17-18(3)11-14/h4-7,10-11,15-16H,8-9H2,1-3H3. The van der Waals surface area contributed by atoms with Crippen LogP contribution in [0.3, 0.4) is 0 Å². The summed E-state index contributed by atoms with van der Waals surface area (Å²) in [6, 6.07) is 9.22. The molecule has 1 heterocycles. The van der Waals surface area contributed by atoms with E-state index < -0.39 is 0 Å². The molecule has 1 unspecified atom stereocenters. The Balaban J connectivity index is 1.99. The summed E-state index contributed by atoms with van der Waals surface area (Å²) in [4.78, 5) is 0. The Hall–Kier alpha value is -1.61. The van der Waals surface area contributed by atoms with E-state index in [9.17, 15) is 0 Å². The van der Waals surface area contributed by atoms with Crippen LogP contribution in [0.1, 0.15) is 16.7 Å². The first kappa shape index (κ1) is 12.8. The van der Waals surface area contributed by atoms with E-state index in [1.807, 2.05) is 25.0 Å². The van der Waals surface area contributed by atoms with Gasteiger partial charge in [-0.2, -0.15) is 5.10 Å². The molecule has 2 rings (SSSR count). The predicted molar refractivity (Wildman–Crippen MR) is 74.6 cm³/mol. The molecule has 1 atom stereocenters. The number of benzene rings is 1. The maximum Gasteiger partial charge on any atom is 0.0522 e. The molecule has 3 nitrogen and oxygen atoms in total. The minimum absolute atomic E-state index is 0.455. The second-order valence-corrected chi connectivity index (χ2v) is 4.90. The zero-order valence-electron chi connectivity index (χ0n) is 11.4. The quantitative estimate of drug-likeness (QED) is 0.871. The van der Waals surface area contributed by atoms with Gasteiger partial charge in [-0.25, -0.2) is 0 Å². The summed E-state index contributed by atoms with van der Waals surface area (Å²) in [6.45, 7) is 2.12. The van der Waals surface area contributed by atoms with Gasteiger partial charge in [-0.3, -0.25) is 4.68 Å². The number of aryl methyl sites for hydroxylation is 2. The van der Waals surface area contributed by atoms with Crippen molar-refractivity contribution in [1.29, 1.82) is 0 Å². The molecule has 96 valence electrons. The smallest absolute Gasteiger partial charge is 0.0522 e. The van der Waals surface area contributed by atoms with Crippen LogP contribution in [0, 0.1) is 6.92 Å². The molecular formula is C15H21N3. The molecule has 1 N–H and O–H groups in total. The van der Waals surface area contributed by atoms with Crippen LogP contribution in [-0.4, -0.2) is 22.9 Å². The SMILES string of the molecule is CNC(Cc1ccc(C)cc1)Cc1cnn(C)c1. The van der Waals surface area contributed by atoms with Crippen molar-refractivity contribution < 1.29 is 0 Å². The van der Waals surface area contributed by atoms with Gasteiger partial charge in [0.2, 0.25) is 0 Å². The molecule has 0 saturated carbocycles. The van der Waals surface area contributed by atoms with Crippen LogP contribution < -0.4 is 5.32 Å². The van der Waals surface area contributed by atoms with Crippen LogP contribution in [0.25, 0.3) is 0 Å². The van der Waals surface area contributed by atoms with Gasteiger partial charge in [0.05, 0.1) is 6.20 Å². The summed E-state index contributed by atoms with van der Waals surface area (Å²) in [7, 11) is 3.98. The lowest BCUT2D eigenvalue weighted by molar-refractivity contribution is 0.556. The third-order valence-electron chi connectivity index (χ3n) is 3.25. The Morgan fingerprint density at radius 1 is 1.17 bits per heavy atom. The molecule has 1 aromatic heterocycles. The summed E-state index contributed by atoms with van der Waals surface area (Å²) < 4.78 is 1.86. The van der Waals surface area contributed by atoms with Gasteiger partial charge < -0.3 is 5.32 Å². The van der Waals surface area contributed by atoms with Crippen LogP contribution >= 0.6 is 0 Å². The van der Waals surface area contributed by atoms with E-state index in [0.717, 1.165) is 12.8 Å². The first-order valence-electron chi connectivity index (χ1n) is 6.37. The lowest BCUT2D eigenvalue weighted by atomic mass is 10.00. The maximum absolute atomic E-state index is 4.21. The minimum atomic E-state index is 0.455. The van der Waals surface area contributed by atoms with E-state index >= 15 is 0 Å². The zero-order chi connectivity index (χ0) is 13.0. The highest BCUT2D eigenvalue weighted by Crippen LogP contribution is 2.09. The lowest BCUT2D eigenvalue weighted by Crippen LogP contribution is -2.29. The molecule has 0 amide bonds. The van der Waals surface area contributed by atoms with E-state index in [2.05, 4.69) is 47.8 Å². The predicted octanol–water partition coefficient (Wildman–Crippen LogP) is 2.10. The van der Waals surface area contributed by atoms with E-state index in [4.69, 9.17) is 0 Å². The number of hydrogen-bond acceptors (Lipinski definition) is 2. The maximum atomic E-state index is 4.21. The molecule has 0 aliphatic carbocycles. The van der Waals surface area contributed by atoms with Gasteiger partial charge >= 0.3 is 0 Å². The number of rotatable bonds is 5. The van der Waals surface area contributed by atoms with Gasteiger partial charge in [0.15, 0.2) is 0 Å². The van der Waals surface area contributed by atoms with Crippen molar-refractivity contribution in [1.82, 2.24) is 15.1 Å². The highest BCUT2D eigenvalue weighted by molar-refractivity contribution is 5.22. The molecule has 0 spiro atoms. The highest BCUT2D eigenvalue weighted by Gasteiger charge is 2.09.